The van der Waals surface area contributed by atoms with Gasteiger partial charge >= 0.3 is 7.12 Å². The van der Waals surface area contributed by atoms with E-state index in [-0.39, 0.29) is 28.8 Å². The highest BCUT2D eigenvalue weighted by molar-refractivity contribution is 6.99. The predicted octanol–water partition coefficient (Wildman–Crippen LogP) is 8.67. The van der Waals surface area contributed by atoms with Gasteiger partial charge in [-0.2, -0.15) is 0 Å². The zero-order valence-corrected chi connectivity index (χ0v) is 34.0. The molecule has 1 fully saturated rings. The van der Waals surface area contributed by atoms with Crippen LogP contribution in [-0.4, -0.2) is 49.8 Å². The molecule has 7 rings (SSSR count). The normalized spacial score (nSPS) is 21.7. The number of phenols is 1. The van der Waals surface area contributed by atoms with Crippen LogP contribution in [0.3, 0.4) is 0 Å². The molecule has 0 bridgehead atoms. The van der Waals surface area contributed by atoms with Crippen molar-refractivity contribution in [2.24, 2.45) is 17.8 Å². The largest absolute Gasteiger partial charge is 0.507 e. The van der Waals surface area contributed by atoms with Crippen molar-refractivity contribution in [1.29, 1.82) is 0 Å². The summed E-state index contributed by atoms with van der Waals surface area (Å²) in [7, 11) is -4.02. The fraction of sp³-hybridized carbons (Fsp3) is 0.362. The smallest absolute Gasteiger partial charge is 0.455 e. The van der Waals surface area contributed by atoms with Gasteiger partial charge in [-0.15, -0.1) is 0 Å². The van der Waals surface area contributed by atoms with Crippen molar-refractivity contribution in [2.45, 2.75) is 84.7 Å². The van der Waals surface area contributed by atoms with E-state index < -0.39 is 33.4 Å². The Kier molecular flexibility index (Phi) is 11.1. The van der Waals surface area contributed by atoms with Crippen molar-refractivity contribution >= 4 is 43.5 Å². The van der Waals surface area contributed by atoms with Gasteiger partial charge in [0.2, 0.25) is 0 Å². The molecule has 4 atom stereocenters. The third-order valence-corrected chi connectivity index (χ3v) is 17.3. The van der Waals surface area contributed by atoms with Crippen LogP contribution in [0.2, 0.25) is 11.4 Å². The molecule has 284 valence electrons. The standard InChI is InChI=1S/C47H53BO6Si/c1-7-32(26-33-24-30(2)44(49)31(3)25-33)22-23-41-42-34(29-53-55(47(4,5)6,35-16-10-8-11-17-35)36-18-12-9-13-19-36)27-39-43(40(42)28-48(52)54-41)46(51)38-21-15-14-20-37(38)45(39)50/h8-21,24-26,39-41,43,49,52H,7,22-23,27-29H2,1-6H3/b32-26+/t39-,40+,41-,43-/m1/s1. The predicted molar refractivity (Wildman–Crippen MR) is 224 cm³/mol. The van der Waals surface area contributed by atoms with Crippen molar-refractivity contribution in [1.82, 2.24) is 0 Å². The van der Waals surface area contributed by atoms with Crippen LogP contribution in [0.1, 0.15) is 90.8 Å². The first-order valence-corrected chi connectivity index (χ1v) is 21.7. The van der Waals surface area contributed by atoms with E-state index in [9.17, 15) is 19.7 Å². The third-order valence-electron chi connectivity index (χ3n) is 12.3. The summed E-state index contributed by atoms with van der Waals surface area (Å²) >= 11 is 0. The minimum absolute atomic E-state index is 0.00424. The van der Waals surface area contributed by atoms with E-state index in [1.54, 1.807) is 12.1 Å². The molecule has 1 saturated heterocycles. The van der Waals surface area contributed by atoms with Gasteiger partial charge < -0.3 is 19.2 Å². The maximum absolute atomic E-state index is 14.4. The molecule has 1 aliphatic heterocycles. The lowest BCUT2D eigenvalue weighted by Gasteiger charge is -2.48. The van der Waals surface area contributed by atoms with Crippen LogP contribution in [0.25, 0.3) is 6.08 Å². The van der Waals surface area contributed by atoms with Gasteiger partial charge in [0, 0.05) is 23.0 Å². The second-order valence-electron chi connectivity index (χ2n) is 16.7. The molecule has 1 heterocycles. The van der Waals surface area contributed by atoms with Crippen LogP contribution < -0.4 is 10.4 Å². The molecule has 0 spiro atoms. The van der Waals surface area contributed by atoms with Crippen molar-refractivity contribution in [2.75, 3.05) is 6.61 Å². The number of aromatic hydroxyl groups is 1. The highest BCUT2D eigenvalue weighted by Gasteiger charge is 2.55. The fourth-order valence-electron chi connectivity index (χ4n) is 9.73. The Hall–Kier alpha value is -4.34. The van der Waals surface area contributed by atoms with Gasteiger partial charge in [0.05, 0.1) is 12.7 Å². The van der Waals surface area contributed by atoms with Gasteiger partial charge in [-0.1, -0.05) is 124 Å². The molecule has 0 aromatic heterocycles. The van der Waals surface area contributed by atoms with E-state index >= 15 is 0 Å². The number of hydrogen-bond acceptors (Lipinski definition) is 6. The summed E-state index contributed by atoms with van der Waals surface area (Å²) in [5.41, 5.74) is 6.95. The summed E-state index contributed by atoms with van der Waals surface area (Å²) in [4.78, 5) is 28.8. The molecule has 4 aromatic carbocycles. The summed E-state index contributed by atoms with van der Waals surface area (Å²) in [6, 6.07) is 32.3. The quantitative estimate of drug-likeness (QED) is 0.125. The van der Waals surface area contributed by atoms with Crippen LogP contribution in [0.15, 0.2) is 114 Å². The first-order valence-electron chi connectivity index (χ1n) is 19.8. The van der Waals surface area contributed by atoms with E-state index in [1.165, 1.54) is 15.9 Å². The summed E-state index contributed by atoms with van der Waals surface area (Å²) in [5, 5.41) is 23.8. The van der Waals surface area contributed by atoms with E-state index in [4.69, 9.17) is 9.08 Å². The summed E-state index contributed by atoms with van der Waals surface area (Å²) in [6.45, 7) is 13.0. The van der Waals surface area contributed by atoms with Gasteiger partial charge in [0.25, 0.3) is 8.32 Å². The number of ketones is 2. The number of Topliss-reactive ketones (excluding diaryl/α,β-unsaturated/α-hetero) is 2. The SMILES string of the molecule is CC/C(=C\c1cc(C)c(O)c(C)c1)CC[C@H]1OB(O)C[C@H]2C1=C(CO[Si](c1ccccc1)(c1ccccc1)C(C)(C)C)C[C@H]1C(=O)c3ccccc3C(=O)[C@H]12. The fourth-order valence-corrected chi connectivity index (χ4v) is 14.3. The van der Waals surface area contributed by atoms with Crippen LogP contribution >= 0.6 is 0 Å². The number of benzene rings is 4. The Morgan fingerprint density at radius 2 is 1.44 bits per heavy atom. The average molecular weight is 753 g/mol. The number of fused-ring (bicyclic) bond motifs is 4. The van der Waals surface area contributed by atoms with Gasteiger partial charge in [-0.3, -0.25) is 9.59 Å². The monoisotopic (exact) mass is 752 g/mol. The number of allylic oxidation sites excluding steroid dienone is 1. The molecule has 2 N–H and O–H groups in total. The lowest BCUT2D eigenvalue weighted by atomic mass is 9.54. The van der Waals surface area contributed by atoms with Crippen molar-refractivity contribution in [3.8, 4) is 5.75 Å². The first kappa shape index (κ1) is 38.9. The van der Waals surface area contributed by atoms with E-state index in [0.29, 0.717) is 36.3 Å². The summed E-state index contributed by atoms with van der Waals surface area (Å²) in [5.74, 6) is -1.16. The molecule has 55 heavy (non-hydrogen) atoms. The molecular formula is C47H53BO6Si. The van der Waals surface area contributed by atoms with Crippen molar-refractivity contribution in [3.63, 3.8) is 0 Å². The lowest BCUT2D eigenvalue weighted by Crippen LogP contribution is -2.66. The zero-order chi connectivity index (χ0) is 39.1. The van der Waals surface area contributed by atoms with E-state index in [0.717, 1.165) is 40.7 Å². The molecule has 0 amide bonds. The minimum atomic E-state index is -2.96. The molecule has 0 unspecified atom stereocenters. The van der Waals surface area contributed by atoms with Crippen LogP contribution in [0.5, 0.6) is 5.75 Å². The topological polar surface area (TPSA) is 93.1 Å². The molecule has 3 aliphatic rings. The maximum Gasteiger partial charge on any atom is 0.455 e. The number of rotatable bonds is 10. The van der Waals surface area contributed by atoms with Crippen LogP contribution in [0, 0.1) is 31.6 Å². The van der Waals surface area contributed by atoms with Gasteiger partial charge in [-0.25, -0.2) is 0 Å². The Balaban J connectivity index is 1.32. The Morgan fingerprint density at radius 1 is 0.873 bits per heavy atom. The zero-order valence-electron chi connectivity index (χ0n) is 33.0. The number of hydrogen-bond donors (Lipinski definition) is 2. The van der Waals surface area contributed by atoms with E-state index in [2.05, 4.69) is 82.3 Å². The minimum Gasteiger partial charge on any atom is -0.507 e. The van der Waals surface area contributed by atoms with E-state index in [1.807, 2.05) is 50.2 Å². The summed E-state index contributed by atoms with van der Waals surface area (Å²) in [6.07, 6.45) is 4.55. The Morgan fingerprint density at radius 3 is 2.00 bits per heavy atom. The second-order valence-corrected chi connectivity index (χ2v) is 21.0. The number of aryl methyl sites for hydroxylation is 2. The van der Waals surface area contributed by atoms with Crippen LogP contribution in [0.4, 0.5) is 0 Å². The van der Waals surface area contributed by atoms with Crippen molar-refractivity contribution in [3.05, 3.63) is 142 Å². The molecule has 8 heteroatoms. The molecular weight excluding hydrogens is 699 g/mol. The highest BCUT2D eigenvalue weighted by Crippen LogP contribution is 2.51. The molecule has 2 aliphatic carbocycles. The first-order chi connectivity index (χ1) is 26.3. The number of phenolic OH excluding ortho intramolecular Hbond substituents is 1. The van der Waals surface area contributed by atoms with Gasteiger partial charge in [0.1, 0.15) is 5.75 Å². The maximum atomic E-state index is 14.4. The van der Waals surface area contributed by atoms with Crippen LogP contribution in [-0.2, 0) is 9.08 Å². The lowest BCUT2D eigenvalue weighted by molar-refractivity contribution is 0.0591. The third kappa shape index (κ3) is 7.26. The number of carbonyl (C=O) groups excluding carboxylic acids is 2. The molecule has 0 radical (unpaired) electrons. The highest BCUT2D eigenvalue weighted by atomic mass is 28.4. The Bertz CT molecular complexity index is 2070. The summed E-state index contributed by atoms with van der Waals surface area (Å²) < 4.78 is 14.0. The molecule has 0 saturated carbocycles. The van der Waals surface area contributed by atoms with Gasteiger partial charge in [-0.05, 0) is 107 Å². The Labute approximate surface area is 327 Å². The van der Waals surface area contributed by atoms with Crippen molar-refractivity contribution < 1.29 is 28.8 Å². The average Bonchev–Trinajstić information content (AvgIpc) is 3.17. The molecule has 4 aromatic rings. The second kappa shape index (κ2) is 15.7. The molecule has 6 nitrogen and oxygen atoms in total. The van der Waals surface area contributed by atoms with Gasteiger partial charge in [0.15, 0.2) is 11.6 Å². The number of carbonyl (C=O) groups is 2.